The van der Waals surface area contributed by atoms with E-state index >= 15 is 0 Å². The van der Waals surface area contributed by atoms with Crippen LogP contribution in [0.25, 0.3) is 6.08 Å². The van der Waals surface area contributed by atoms with Crippen LogP contribution in [-0.4, -0.2) is 24.4 Å². The van der Waals surface area contributed by atoms with Crippen LogP contribution in [-0.2, 0) is 0 Å². The summed E-state index contributed by atoms with van der Waals surface area (Å²) in [6, 6.07) is 4.99. The normalized spacial score (nSPS) is 13.0. The smallest absolute Gasteiger partial charge is 0.399 e. The van der Waals surface area contributed by atoms with Crippen molar-refractivity contribution in [3.8, 4) is 5.75 Å². The van der Waals surface area contributed by atoms with E-state index < -0.39 is 41.0 Å². The molecule has 1 N–H and O–H groups in total. The largest absolute Gasteiger partial charge is 0.491 e. The molecule has 2 aromatic rings. The highest BCUT2D eigenvalue weighted by atomic mass is 79.9. The average Bonchev–Trinajstić information content (AvgIpc) is 2.53. The zero-order valence-electron chi connectivity index (χ0n) is 13.7. The van der Waals surface area contributed by atoms with Gasteiger partial charge in [0.15, 0.2) is 17.4 Å². The van der Waals surface area contributed by atoms with E-state index in [-0.39, 0.29) is 15.6 Å². The number of alkyl halides is 3. The predicted molar refractivity (Wildman–Crippen MR) is 91.8 cm³/mol. The topological polar surface area (TPSA) is 46.5 Å². The van der Waals surface area contributed by atoms with E-state index in [0.717, 1.165) is 19.3 Å². The molecule has 0 heterocycles. The lowest BCUT2D eigenvalue weighted by molar-refractivity contribution is -0.139. The fourth-order valence-electron chi connectivity index (χ4n) is 2.38. The van der Waals surface area contributed by atoms with E-state index in [4.69, 9.17) is 5.11 Å². The van der Waals surface area contributed by atoms with Crippen molar-refractivity contribution in [1.29, 1.82) is 0 Å². The number of carboxylic acids is 1. The van der Waals surface area contributed by atoms with Crippen molar-refractivity contribution in [3.05, 3.63) is 69.2 Å². The van der Waals surface area contributed by atoms with Crippen molar-refractivity contribution in [3.63, 3.8) is 0 Å². The van der Waals surface area contributed by atoms with Gasteiger partial charge in [-0.1, -0.05) is 18.2 Å². The molecule has 0 fully saturated rings. The summed E-state index contributed by atoms with van der Waals surface area (Å²) in [6.45, 7) is 0. The van der Waals surface area contributed by atoms with Crippen molar-refractivity contribution < 1.29 is 36.6 Å². The fourth-order valence-corrected chi connectivity index (χ4v) is 2.95. The first-order chi connectivity index (χ1) is 12.5. The van der Waals surface area contributed by atoms with Gasteiger partial charge in [-0.2, -0.15) is 13.2 Å². The number of carbonyl (C=O) groups is 1. The predicted octanol–water partition coefficient (Wildman–Crippen LogP) is 5.79. The molecule has 27 heavy (non-hydrogen) atoms. The first-order valence-corrected chi connectivity index (χ1v) is 8.14. The van der Waals surface area contributed by atoms with Gasteiger partial charge in [0.05, 0.1) is 18.6 Å². The van der Waals surface area contributed by atoms with Crippen molar-refractivity contribution in [2.75, 3.05) is 7.11 Å². The van der Waals surface area contributed by atoms with Crippen LogP contribution < -0.4 is 4.74 Å². The minimum atomic E-state index is -4.80. The highest BCUT2D eigenvalue weighted by Crippen LogP contribution is 2.38. The molecule has 1 atom stereocenters. The van der Waals surface area contributed by atoms with E-state index in [0.29, 0.717) is 12.1 Å². The number of ether oxygens (including phenoxy) is 1. The summed E-state index contributed by atoms with van der Waals surface area (Å²) in [7, 11) is 1.00. The number of rotatable bonds is 5. The SMILES string of the molecule is COc1c(F)cc(C(C=Cc2ccc(C(=O)O)c(Br)c2)C(F)(F)F)cc1F. The van der Waals surface area contributed by atoms with Crippen LogP contribution in [0.5, 0.6) is 5.75 Å². The van der Waals surface area contributed by atoms with Crippen molar-refractivity contribution >= 4 is 28.0 Å². The van der Waals surface area contributed by atoms with Crippen LogP contribution >= 0.6 is 15.9 Å². The Balaban J connectivity index is 2.43. The number of hydrogen-bond donors (Lipinski definition) is 1. The number of hydrogen-bond acceptors (Lipinski definition) is 2. The molecule has 0 amide bonds. The first kappa shape index (κ1) is 20.9. The standard InChI is InChI=1S/C18H12BrF5O3/c1-27-16-14(20)7-10(8-15(16)21)12(18(22,23)24)5-3-9-2-4-11(17(25)26)13(19)6-9/h2-8,12H,1H3,(H,25,26). The van der Waals surface area contributed by atoms with Gasteiger partial charge in [0.1, 0.15) is 0 Å². The number of benzene rings is 2. The molecule has 0 saturated heterocycles. The molecule has 3 nitrogen and oxygen atoms in total. The molecule has 2 aromatic carbocycles. The van der Waals surface area contributed by atoms with Crippen molar-refractivity contribution in [2.24, 2.45) is 0 Å². The van der Waals surface area contributed by atoms with Gasteiger partial charge in [-0.25, -0.2) is 13.6 Å². The Hall–Kier alpha value is -2.42. The highest BCUT2D eigenvalue weighted by molar-refractivity contribution is 9.10. The first-order valence-electron chi connectivity index (χ1n) is 7.35. The fraction of sp³-hybridized carbons (Fsp3) is 0.167. The van der Waals surface area contributed by atoms with E-state index in [1.807, 2.05) is 0 Å². The van der Waals surface area contributed by atoms with Crippen LogP contribution in [0.3, 0.4) is 0 Å². The molecule has 0 aliphatic carbocycles. The van der Waals surface area contributed by atoms with Gasteiger partial charge in [-0.05, 0) is 51.3 Å². The molecule has 9 heteroatoms. The Morgan fingerprint density at radius 3 is 2.22 bits per heavy atom. The second-order valence-corrected chi connectivity index (χ2v) is 6.29. The Morgan fingerprint density at radius 2 is 1.78 bits per heavy atom. The van der Waals surface area contributed by atoms with Gasteiger partial charge in [0.25, 0.3) is 0 Å². The van der Waals surface area contributed by atoms with Gasteiger partial charge >= 0.3 is 12.1 Å². The Morgan fingerprint density at radius 1 is 1.19 bits per heavy atom. The van der Waals surface area contributed by atoms with Gasteiger partial charge < -0.3 is 9.84 Å². The van der Waals surface area contributed by atoms with Crippen LogP contribution in [0.15, 0.2) is 40.9 Å². The second kappa shape index (κ2) is 8.08. The quantitative estimate of drug-likeness (QED) is 0.586. The lowest BCUT2D eigenvalue weighted by Gasteiger charge is -2.18. The lowest BCUT2D eigenvalue weighted by atomic mass is 9.96. The van der Waals surface area contributed by atoms with Crippen LogP contribution in [0.2, 0.25) is 0 Å². The summed E-state index contributed by atoms with van der Waals surface area (Å²) >= 11 is 3.02. The maximum Gasteiger partial charge on any atom is 0.399 e. The maximum absolute atomic E-state index is 13.8. The molecule has 0 saturated carbocycles. The third-order valence-corrected chi connectivity index (χ3v) is 4.30. The minimum Gasteiger partial charge on any atom is -0.491 e. The number of halogens is 6. The molecule has 0 spiro atoms. The van der Waals surface area contributed by atoms with Crippen molar-refractivity contribution in [2.45, 2.75) is 12.1 Å². The summed E-state index contributed by atoms with van der Waals surface area (Å²) in [5, 5.41) is 8.95. The molecule has 144 valence electrons. The Labute approximate surface area is 159 Å². The third kappa shape index (κ3) is 4.85. The lowest BCUT2D eigenvalue weighted by Crippen LogP contribution is -2.19. The molecule has 0 aliphatic heterocycles. The summed E-state index contributed by atoms with van der Waals surface area (Å²) in [5.74, 6) is -6.73. The summed E-state index contributed by atoms with van der Waals surface area (Å²) in [6.07, 6.45) is -2.97. The molecular weight excluding hydrogens is 439 g/mol. The molecule has 0 aromatic heterocycles. The average molecular weight is 451 g/mol. The molecule has 0 bridgehead atoms. The van der Waals surface area contributed by atoms with Gasteiger partial charge in [0, 0.05) is 4.47 Å². The maximum atomic E-state index is 13.8. The summed E-state index contributed by atoms with van der Waals surface area (Å²) in [5.41, 5.74) is -0.412. The zero-order chi connectivity index (χ0) is 20.4. The molecule has 2 rings (SSSR count). The molecule has 0 radical (unpaired) electrons. The van der Waals surface area contributed by atoms with Gasteiger partial charge in [-0.3, -0.25) is 0 Å². The van der Waals surface area contributed by atoms with Crippen LogP contribution in [0.4, 0.5) is 22.0 Å². The van der Waals surface area contributed by atoms with Gasteiger partial charge in [-0.15, -0.1) is 0 Å². The van der Waals surface area contributed by atoms with E-state index in [1.54, 1.807) is 0 Å². The molecule has 1 unspecified atom stereocenters. The highest BCUT2D eigenvalue weighted by Gasteiger charge is 2.39. The van der Waals surface area contributed by atoms with Crippen molar-refractivity contribution in [1.82, 2.24) is 0 Å². The number of allylic oxidation sites excluding steroid dienone is 1. The Kier molecular flexibility index (Phi) is 6.25. The van der Waals surface area contributed by atoms with E-state index in [9.17, 15) is 26.7 Å². The molecular formula is C18H12BrF5O3. The number of methoxy groups -OCH3 is 1. The monoisotopic (exact) mass is 450 g/mol. The second-order valence-electron chi connectivity index (χ2n) is 5.44. The van der Waals surface area contributed by atoms with Gasteiger partial charge in [0.2, 0.25) is 0 Å². The Bertz CT molecular complexity index is 870. The third-order valence-electron chi connectivity index (χ3n) is 3.64. The summed E-state index contributed by atoms with van der Waals surface area (Å²) < 4.78 is 72.4. The number of carboxylic acid groups (broad SMARTS) is 1. The number of aromatic carboxylic acids is 1. The molecule has 0 aliphatic rings. The minimum absolute atomic E-state index is 0.0567. The van der Waals surface area contributed by atoms with Crippen LogP contribution in [0.1, 0.15) is 27.4 Å². The van der Waals surface area contributed by atoms with E-state index in [1.165, 1.54) is 18.2 Å². The zero-order valence-corrected chi connectivity index (χ0v) is 15.2. The van der Waals surface area contributed by atoms with Crippen LogP contribution in [0, 0.1) is 11.6 Å². The summed E-state index contributed by atoms with van der Waals surface area (Å²) in [4.78, 5) is 11.0. The van der Waals surface area contributed by atoms with E-state index in [2.05, 4.69) is 20.7 Å².